The summed E-state index contributed by atoms with van der Waals surface area (Å²) in [7, 11) is 0. The van der Waals surface area contributed by atoms with Crippen LogP contribution in [0.5, 0.6) is 0 Å². The number of H-pyrrole nitrogens is 3. The van der Waals surface area contributed by atoms with Crippen molar-refractivity contribution in [3.05, 3.63) is 54.4 Å². The van der Waals surface area contributed by atoms with E-state index in [9.17, 15) is 0 Å². The van der Waals surface area contributed by atoms with Gasteiger partial charge in [0.05, 0.1) is 34.0 Å². The maximum atomic E-state index is 4.82. The number of hydrogen-bond acceptors (Lipinski definition) is 6. The first kappa shape index (κ1) is 15.2. The molecule has 134 valence electrons. The molecule has 0 aliphatic carbocycles. The van der Waals surface area contributed by atoms with Crippen LogP contribution in [0.2, 0.25) is 0 Å². The first-order valence-corrected chi connectivity index (χ1v) is 9.47. The summed E-state index contributed by atoms with van der Waals surface area (Å²) in [6, 6.07) is 7.98. The number of nitrogens with zero attached hydrogens (tertiary/aromatic N) is 5. The van der Waals surface area contributed by atoms with Crippen LogP contribution in [0, 0.1) is 0 Å². The molecule has 0 saturated carbocycles. The fraction of sp³-hybridized carbons (Fsp3) is 0. The minimum Gasteiger partial charge on any atom is -0.336 e. The fourth-order valence-electron chi connectivity index (χ4n) is 3.29. The van der Waals surface area contributed by atoms with E-state index >= 15 is 0 Å². The van der Waals surface area contributed by atoms with Gasteiger partial charge in [-0.2, -0.15) is 10.2 Å². The summed E-state index contributed by atoms with van der Waals surface area (Å²) in [5.41, 5.74) is 5.96. The molecule has 0 spiro atoms. The Balaban J connectivity index is 1.55. The minimum atomic E-state index is 0.691. The molecular weight excluding hydrogens is 372 g/mol. The van der Waals surface area contributed by atoms with Crippen LogP contribution in [0.1, 0.15) is 0 Å². The zero-order valence-electron chi connectivity index (χ0n) is 14.3. The van der Waals surface area contributed by atoms with E-state index in [1.165, 1.54) is 0 Å². The van der Waals surface area contributed by atoms with E-state index in [4.69, 9.17) is 4.98 Å². The van der Waals surface area contributed by atoms with Crippen LogP contribution in [0.15, 0.2) is 54.4 Å². The highest BCUT2D eigenvalue weighted by atomic mass is 32.1. The number of fused-ring (bicyclic) bond motifs is 2. The van der Waals surface area contributed by atoms with Gasteiger partial charge in [-0.25, -0.2) is 4.98 Å². The van der Waals surface area contributed by atoms with Crippen LogP contribution >= 0.6 is 11.3 Å². The molecule has 6 aromatic rings. The maximum Gasteiger partial charge on any atom is 0.159 e. The van der Waals surface area contributed by atoms with E-state index in [0.29, 0.717) is 5.82 Å². The highest BCUT2D eigenvalue weighted by Gasteiger charge is 2.17. The third kappa shape index (κ3) is 2.26. The normalized spacial score (nSPS) is 11.6. The van der Waals surface area contributed by atoms with Crippen LogP contribution < -0.4 is 0 Å². The Hall–Kier alpha value is -3.85. The van der Waals surface area contributed by atoms with E-state index in [1.54, 1.807) is 29.9 Å². The van der Waals surface area contributed by atoms with Gasteiger partial charge < -0.3 is 4.98 Å². The fourth-order valence-corrected chi connectivity index (χ4v) is 4.01. The summed E-state index contributed by atoms with van der Waals surface area (Å²) in [6.45, 7) is 0. The molecule has 0 amide bonds. The zero-order valence-corrected chi connectivity index (χ0v) is 15.2. The number of aromatic amines is 3. The van der Waals surface area contributed by atoms with Crippen molar-refractivity contribution in [1.82, 2.24) is 40.3 Å². The number of aromatic nitrogens is 8. The standard InChI is InChI=1S/C19H12N8S/c1-2-15(28-5-1)18-17-12(3-4-20-18)24-19(25-17)16-11-6-13(10-7-22-23-8-10)21-9-14(11)26-27-16/h1-9H,(H,22,23)(H,24,25)(H,26,27). The summed E-state index contributed by atoms with van der Waals surface area (Å²) in [6.07, 6.45) is 7.13. The Labute approximate surface area is 161 Å². The molecule has 0 aliphatic heterocycles. The molecule has 0 saturated heterocycles. The smallest absolute Gasteiger partial charge is 0.159 e. The molecule has 0 bridgehead atoms. The molecule has 6 heterocycles. The van der Waals surface area contributed by atoms with Crippen molar-refractivity contribution < 1.29 is 0 Å². The lowest BCUT2D eigenvalue weighted by atomic mass is 10.1. The van der Waals surface area contributed by atoms with Crippen molar-refractivity contribution >= 4 is 33.3 Å². The molecule has 0 atom stereocenters. The lowest BCUT2D eigenvalue weighted by Crippen LogP contribution is -1.84. The number of imidazole rings is 1. The first-order valence-electron chi connectivity index (χ1n) is 8.59. The maximum absolute atomic E-state index is 4.82. The molecule has 0 radical (unpaired) electrons. The third-order valence-electron chi connectivity index (χ3n) is 4.62. The van der Waals surface area contributed by atoms with Crippen molar-refractivity contribution in [3.63, 3.8) is 0 Å². The largest absolute Gasteiger partial charge is 0.336 e. The van der Waals surface area contributed by atoms with Crippen molar-refractivity contribution in [2.45, 2.75) is 0 Å². The number of hydrogen-bond donors (Lipinski definition) is 3. The SMILES string of the molecule is c1csc(-c2nccc3[nH]c(-c4n[nH]c5cnc(-c6cn[nH]c6)cc45)nc23)c1. The van der Waals surface area contributed by atoms with Gasteiger partial charge in [0, 0.05) is 23.3 Å². The summed E-state index contributed by atoms with van der Waals surface area (Å²) in [5.74, 6) is 0.691. The van der Waals surface area contributed by atoms with Gasteiger partial charge in [-0.1, -0.05) is 6.07 Å². The Morgan fingerprint density at radius 2 is 2.00 bits per heavy atom. The van der Waals surface area contributed by atoms with Gasteiger partial charge in [0.25, 0.3) is 0 Å². The Morgan fingerprint density at radius 1 is 1.00 bits per heavy atom. The molecule has 0 aromatic carbocycles. The summed E-state index contributed by atoms with van der Waals surface area (Å²) in [5, 5.41) is 17.3. The zero-order chi connectivity index (χ0) is 18.5. The molecular formula is C19H12N8S. The molecule has 28 heavy (non-hydrogen) atoms. The molecule has 3 N–H and O–H groups in total. The second-order valence-corrected chi connectivity index (χ2v) is 7.24. The number of rotatable bonds is 3. The monoisotopic (exact) mass is 384 g/mol. The predicted octanol–water partition coefficient (Wildman–Crippen LogP) is 4.01. The first-order chi connectivity index (χ1) is 13.9. The summed E-state index contributed by atoms with van der Waals surface area (Å²) in [4.78, 5) is 18.3. The number of thiophene rings is 1. The Kier molecular flexibility index (Phi) is 3.17. The van der Waals surface area contributed by atoms with Crippen LogP contribution in [0.3, 0.4) is 0 Å². The van der Waals surface area contributed by atoms with Gasteiger partial charge in [-0.15, -0.1) is 11.3 Å². The average Bonchev–Trinajstić information content (AvgIpc) is 3.53. The number of nitrogens with one attached hydrogen (secondary N) is 3. The van der Waals surface area contributed by atoms with Gasteiger partial charge in [0.1, 0.15) is 16.9 Å². The summed E-state index contributed by atoms with van der Waals surface area (Å²) < 4.78 is 0. The lowest BCUT2D eigenvalue weighted by molar-refractivity contribution is 1.09. The van der Waals surface area contributed by atoms with Gasteiger partial charge in [0.2, 0.25) is 0 Å². The molecule has 6 aromatic heterocycles. The Morgan fingerprint density at radius 3 is 2.86 bits per heavy atom. The second kappa shape index (κ2) is 5.83. The quantitative estimate of drug-likeness (QED) is 0.427. The van der Waals surface area contributed by atoms with Crippen molar-refractivity contribution in [2.24, 2.45) is 0 Å². The van der Waals surface area contributed by atoms with E-state index in [0.717, 1.165) is 49.5 Å². The van der Waals surface area contributed by atoms with Crippen molar-refractivity contribution in [3.8, 4) is 33.3 Å². The van der Waals surface area contributed by atoms with Gasteiger partial charge in [-0.3, -0.25) is 20.2 Å². The second-order valence-electron chi connectivity index (χ2n) is 6.29. The summed E-state index contributed by atoms with van der Waals surface area (Å²) >= 11 is 1.65. The van der Waals surface area contributed by atoms with E-state index in [2.05, 4.69) is 35.3 Å². The van der Waals surface area contributed by atoms with Crippen LogP contribution in [0.4, 0.5) is 0 Å². The minimum absolute atomic E-state index is 0.691. The van der Waals surface area contributed by atoms with E-state index in [-0.39, 0.29) is 0 Å². The van der Waals surface area contributed by atoms with E-state index < -0.39 is 0 Å². The molecule has 0 fully saturated rings. The highest BCUT2D eigenvalue weighted by molar-refractivity contribution is 7.13. The Bertz CT molecular complexity index is 1410. The van der Waals surface area contributed by atoms with Crippen LogP contribution in [-0.4, -0.2) is 40.3 Å². The molecule has 0 aliphatic rings. The van der Waals surface area contributed by atoms with Gasteiger partial charge >= 0.3 is 0 Å². The lowest BCUT2D eigenvalue weighted by Gasteiger charge is -1.97. The topological polar surface area (TPSA) is 112 Å². The van der Waals surface area contributed by atoms with Crippen LogP contribution in [-0.2, 0) is 0 Å². The van der Waals surface area contributed by atoms with Crippen molar-refractivity contribution in [2.75, 3.05) is 0 Å². The third-order valence-corrected chi connectivity index (χ3v) is 5.50. The predicted molar refractivity (Wildman–Crippen MR) is 108 cm³/mol. The van der Waals surface area contributed by atoms with E-state index in [1.807, 2.05) is 35.8 Å². The van der Waals surface area contributed by atoms with Gasteiger partial charge in [-0.05, 0) is 23.6 Å². The molecule has 8 nitrogen and oxygen atoms in total. The molecule has 9 heteroatoms. The average molecular weight is 384 g/mol. The molecule has 0 unspecified atom stereocenters. The van der Waals surface area contributed by atoms with Crippen molar-refractivity contribution in [1.29, 1.82) is 0 Å². The van der Waals surface area contributed by atoms with Crippen LogP contribution in [0.25, 0.3) is 55.3 Å². The van der Waals surface area contributed by atoms with Gasteiger partial charge in [0.15, 0.2) is 5.82 Å². The number of pyridine rings is 2. The molecule has 6 rings (SSSR count). The highest BCUT2D eigenvalue weighted by Crippen LogP contribution is 2.32.